The molecule has 170 valence electrons. The first-order valence-corrected chi connectivity index (χ1v) is 11.3. The molecule has 5 heteroatoms. The molecular formula is C26H37NO4. The number of ether oxygens (including phenoxy) is 2. The van der Waals surface area contributed by atoms with Crippen molar-refractivity contribution in [2.45, 2.75) is 71.1 Å². The minimum atomic E-state index is -0.272. The Morgan fingerprint density at radius 3 is 2.77 bits per heavy atom. The Kier molecular flexibility index (Phi) is 7.60. The summed E-state index contributed by atoms with van der Waals surface area (Å²) in [6, 6.07) is 8.00. The lowest BCUT2D eigenvalue weighted by Crippen LogP contribution is -2.46. The normalized spacial score (nSPS) is 22.7. The Balaban J connectivity index is 1.55. The quantitative estimate of drug-likeness (QED) is 0.557. The maximum Gasteiger partial charge on any atom is 0.410 e. The third kappa shape index (κ3) is 5.58. The lowest BCUT2D eigenvalue weighted by Gasteiger charge is -2.36. The zero-order chi connectivity index (χ0) is 22.6. The number of hydrogen-bond acceptors (Lipinski definition) is 4. The molecule has 31 heavy (non-hydrogen) atoms. The predicted octanol–water partition coefficient (Wildman–Crippen LogP) is 5.20. The molecule has 0 spiro atoms. The maximum absolute atomic E-state index is 12.6. The van der Waals surface area contributed by atoms with E-state index in [1.165, 1.54) is 11.1 Å². The molecule has 0 bridgehead atoms. The Bertz CT molecular complexity index is 828. The summed E-state index contributed by atoms with van der Waals surface area (Å²) >= 11 is 0. The number of aliphatic hydroxyl groups is 1. The van der Waals surface area contributed by atoms with Gasteiger partial charge in [-0.15, -0.1) is 0 Å². The number of cyclic esters (lactones) is 1. The van der Waals surface area contributed by atoms with Gasteiger partial charge in [-0.25, -0.2) is 4.79 Å². The van der Waals surface area contributed by atoms with Crippen LogP contribution in [-0.2, 0) is 15.9 Å². The van der Waals surface area contributed by atoms with E-state index in [0.717, 1.165) is 30.4 Å². The van der Waals surface area contributed by atoms with Crippen molar-refractivity contribution in [1.82, 2.24) is 4.90 Å². The highest BCUT2D eigenvalue weighted by Crippen LogP contribution is 2.39. The molecule has 1 saturated heterocycles. The van der Waals surface area contributed by atoms with Gasteiger partial charge in [-0.3, -0.25) is 4.90 Å². The van der Waals surface area contributed by atoms with Gasteiger partial charge in [0.2, 0.25) is 0 Å². The summed E-state index contributed by atoms with van der Waals surface area (Å²) in [5.41, 5.74) is 4.66. The average molecular weight is 428 g/mol. The van der Waals surface area contributed by atoms with E-state index in [9.17, 15) is 9.90 Å². The summed E-state index contributed by atoms with van der Waals surface area (Å²) in [5, 5.41) is 9.30. The van der Waals surface area contributed by atoms with Crippen molar-refractivity contribution in [3.8, 4) is 0 Å². The van der Waals surface area contributed by atoms with E-state index in [2.05, 4.69) is 27.4 Å². The fourth-order valence-corrected chi connectivity index (χ4v) is 5.06. The van der Waals surface area contributed by atoms with Crippen LogP contribution in [0.25, 0.3) is 0 Å². The monoisotopic (exact) mass is 427 g/mol. The van der Waals surface area contributed by atoms with Gasteiger partial charge in [-0.2, -0.15) is 0 Å². The number of carbonyl (C=O) groups excluding carboxylic acids is 1. The topological polar surface area (TPSA) is 59.0 Å². The largest absolute Gasteiger partial charge is 0.442 e. The van der Waals surface area contributed by atoms with Gasteiger partial charge in [0, 0.05) is 12.1 Å². The van der Waals surface area contributed by atoms with Gasteiger partial charge in [-0.1, -0.05) is 42.5 Å². The SMILES string of the molecule is C=CC1=C(C)CC(CC(C)(C)N2C[C@H](CO[C@H](C)c3ccccc3CCO)OC2=O)C1. The minimum absolute atomic E-state index is 0.109. The molecule has 1 unspecified atom stereocenters. The van der Waals surface area contributed by atoms with Gasteiger partial charge >= 0.3 is 6.09 Å². The average Bonchev–Trinajstić information content (AvgIpc) is 3.28. The Morgan fingerprint density at radius 1 is 1.35 bits per heavy atom. The van der Waals surface area contributed by atoms with Crippen LogP contribution in [0, 0.1) is 5.92 Å². The molecule has 1 amide bonds. The first kappa shape index (κ1) is 23.6. The van der Waals surface area contributed by atoms with Gasteiger partial charge in [0.25, 0.3) is 0 Å². The zero-order valence-electron chi connectivity index (χ0n) is 19.4. The van der Waals surface area contributed by atoms with Crippen LogP contribution in [0.5, 0.6) is 0 Å². The Hall–Kier alpha value is -2.11. The maximum atomic E-state index is 12.6. The zero-order valence-corrected chi connectivity index (χ0v) is 19.4. The van der Waals surface area contributed by atoms with Gasteiger partial charge < -0.3 is 14.6 Å². The molecule has 0 saturated carbocycles. The van der Waals surface area contributed by atoms with E-state index in [0.29, 0.717) is 25.5 Å². The third-order valence-electron chi connectivity index (χ3n) is 6.70. The van der Waals surface area contributed by atoms with E-state index in [1.54, 1.807) is 0 Å². The number of hydrogen-bond donors (Lipinski definition) is 1. The molecule has 1 aliphatic heterocycles. The van der Waals surface area contributed by atoms with E-state index >= 15 is 0 Å². The summed E-state index contributed by atoms with van der Waals surface area (Å²) in [7, 11) is 0. The molecular weight excluding hydrogens is 390 g/mol. The number of allylic oxidation sites excluding steroid dienone is 3. The van der Waals surface area contributed by atoms with E-state index in [4.69, 9.17) is 9.47 Å². The number of rotatable bonds is 10. The highest BCUT2D eigenvalue weighted by Gasteiger charge is 2.42. The van der Waals surface area contributed by atoms with Crippen LogP contribution >= 0.6 is 0 Å². The van der Waals surface area contributed by atoms with Crippen LogP contribution in [0.4, 0.5) is 4.79 Å². The Morgan fingerprint density at radius 2 is 2.10 bits per heavy atom. The van der Waals surface area contributed by atoms with Crippen molar-refractivity contribution in [3.05, 3.63) is 59.2 Å². The molecule has 1 aliphatic carbocycles. The fourth-order valence-electron chi connectivity index (χ4n) is 5.06. The van der Waals surface area contributed by atoms with Gasteiger partial charge in [0.05, 0.1) is 19.3 Å². The second-order valence-electron chi connectivity index (χ2n) is 9.56. The molecule has 2 aliphatic rings. The van der Waals surface area contributed by atoms with E-state index in [1.807, 2.05) is 42.2 Å². The lowest BCUT2D eigenvalue weighted by molar-refractivity contribution is 0.00619. The standard InChI is InChI=1S/C26H37NO4/c1-6-21-14-20(13-18(21)2)15-26(4,5)27-16-23(31-25(27)29)17-30-19(3)24-10-8-7-9-22(24)11-12-28/h6-10,19-20,23,28H,1,11-17H2,2-5H3/t19-,20?,23-/m1/s1. The highest BCUT2D eigenvalue weighted by molar-refractivity contribution is 5.71. The van der Waals surface area contributed by atoms with Crippen LogP contribution in [-0.4, -0.2) is 47.5 Å². The third-order valence-corrected chi connectivity index (χ3v) is 6.70. The van der Waals surface area contributed by atoms with Crippen LogP contribution < -0.4 is 0 Å². The minimum Gasteiger partial charge on any atom is -0.442 e. The van der Waals surface area contributed by atoms with Gasteiger partial charge in [-0.05, 0) is 76.0 Å². The van der Waals surface area contributed by atoms with Crippen LogP contribution in [0.1, 0.15) is 64.2 Å². The van der Waals surface area contributed by atoms with E-state index < -0.39 is 0 Å². The fraction of sp³-hybridized carbons (Fsp3) is 0.577. The summed E-state index contributed by atoms with van der Waals surface area (Å²) in [5.74, 6) is 0.536. The molecule has 5 nitrogen and oxygen atoms in total. The molecule has 0 radical (unpaired) electrons. The summed E-state index contributed by atoms with van der Waals surface area (Å²) in [6.07, 6.45) is 4.98. The number of aliphatic hydroxyl groups excluding tert-OH is 1. The van der Waals surface area contributed by atoms with Crippen molar-refractivity contribution in [2.75, 3.05) is 19.8 Å². The summed E-state index contributed by atoms with van der Waals surface area (Å²) in [6.45, 7) is 13.4. The van der Waals surface area contributed by atoms with Crippen LogP contribution in [0.15, 0.2) is 48.1 Å². The highest BCUT2D eigenvalue weighted by atomic mass is 16.6. The van der Waals surface area contributed by atoms with Crippen molar-refractivity contribution in [2.24, 2.45) is 5.92 Å². The molecule has 0 aromatic heterocycles. The summed E-state index contributed by atoms with van der Waals surface area (Å²) in [4.78, 5) is 14.5. The van der Waals surface area contributed by atoms with Gasteiger partial charge in [0.1, 0.15) is 6.10 Å². The number of nitrogens with zero attached hydrogens (tertiary/aromatic N) is 1. The van der Waals surface area contributed by atoms with Crippen molar-refractivity contribution < 1.29 is 19.4 Å². The smallest absolute Gasteiger partial charge is 0.410 e. The molecule has 3 atom stereocenters. The molecule has 1 aromatic carbocycles. The second-order valence-corrected chi connectivity index (χ2v) is 9.56. The molecule has 1 aromatic rings. The number of amides is 1. The van der Waals surface area contributed by atoms with Gasteiger partial charge in [0.15, 0.2) is 0 Å². The van der Waals surface area contributed by atoms with Crippen molar-refractivity contribution in [1.29, 1.82) is 0 Å². The van der Waals surface area contributed by atoms with Crippen LogP contribution in [0.2, 0.25) is 0 Å². The molecule has 3 rings (SSSR count). The first-order valence-electron chi connectivity index (χ1n) is 11.3. The van der Waals surface area contributed by atoms with Crippen molar-refractivity contribution in [3.63, 3.8) is 0 Å². The van der Waals surface area contributed by atoms with Crippen molar-refractivity contribution >= 4 is 6.09 Å². The first-order chi connectivity index (χ1) is 14.7. The van der Waals surface area contributed by atoms with Crippen LogP contribution in [0.3, 0.4) is 0 Å². The number of carbonyl (C=O) groups is 1. The molecule has 1 fully saturated rings. The number of benzene rings is 1. The summed E-state index contributed by atoms with van der Waals surface area (Å²) < 4.78 is 11.7. The molecule has 1 N–H and O–H groups in total. The predicted molar refractivity (Wildman–Crippen MR) is 123 cm³/mol. The Labute approximate surface area is 186 Å². The lowest BCUT2D eigenvalue weighted by atomic mass is 9.87. The molecule has 1 heterocycles. The van der Waals surface area contributed by atoms with E-state index in [-0.39, 0.29) is 30.4 Å². The second kappa shape index (κ2) is 10.0.